The molecule has 0 spiro atoms. The second-order valence-electron chi connectivity index (χ2n) is 4.60. The normalized spacial score (nSPS) is 12.9. The molecule has 0 fully saturated rings. The Bertz CT molecular complexity index is 471. The molecule has 0 saturated carbocycles. The van der Waals surface area contributed by atoms with E-state index in [2.05, 4.69) is 30.6 Å². The molecule has 8 nitrogen and oxygen atoms in total. The number of methoxy groups -OCH3 is 1. The number of ether oxygens (including phenoxy) is 1. The number of aromatic nitrogens is 3. The van der Waals surface area contributed by atoms with Crippen LogP contribution in [0.3, 0.4) is 0 Å². The SMILES string of the molecule is CCc1nncn1CCNC(=NC)NCC(C)C(=O)OC. The van der Waals surface area contributed by atoms with Gasteiger partial charge in [-0.2, -0.15) is 0 Å². The van der Waals surface area contributed by atoms with Crippen molar-refractivity contribution in [2.75, 3.05) is 27.2 Å². The molecule has 0 amide bonds. The highest BCUT2D eigenvalue weighted by molar-refractivity contribution is 5.80. The van der Waals surface area contributed by atoms with Gasteiger partial charge in [0.1, 0.15) is 12.2 Å². The number of rotatable bonds is 7. The Morgan fingerprint density at radius 1 is 1.52 bits per heavy atom. The molecule has 1 atom stereocenters. The minimum absolute atomic E-state index is 0.224. The van der Waals surface area contributed by atoms with Crippen LogP contribution in [0.2, 0.25) is 0 Å². The largest absolute Gasteiger partial charge is 0.469 e. The van der Waals surface area contributed by atoms with Crippen molar-refractivity contribution in [2.45, 2.75) is 26.8 Å². The molecule has 1 aromatic rings. The lowest BCUT2D eigenvalue weighted by Gasteiger charge is -2.15. The third kappa shape index (κ3) is 5.41. The summed E-state index contributed by atoms with van der Waals surface area (Å²) in [4.78, 5) is 15.4. The molecule has 0 aromatic carbocycles. The van der Waals surface area contributed by atoms with Crippen molar-refractivity contribution < 1.29 is 9.53 Å². The van der Waals surface area contributed by atoms with Gasteiger partial charge in [0, 0.05) is 33.1 Å². The second kappa shape index (κ2) is 8.93. The summed E-state index contributed by atoms with van der Waals surface area (Å²) in [6.07, 6.45) is 2.57. The van der Waals surface area contributed by atoms with E-state index >= 15 is 0 Å². The Balaban J connectivity index is 2.33. The van der Waals surface area contributed by atoms with E-state index in [-0.39, 0.29) is 11.9 Å². The predicted molar refractivity (Wildman–Crippen MR) is 79.9 cm³/mol. The molecule has 21 heavy (non-hydrogen) atoms. The van der Waals surface area contributed by atoms with E-state index in [4.69, 9.17) is 0 Å². The van der Waals surface area contributed by atoms with Crippen LogP contribution in [0, 0.1) is 5.92 Å². The quantitative estimate of drug-likeness (QED) is 0.412. The smallest absolute Gasteiger partial charge is 0.310 e. The standard InChI is InChI=1S/C13H24N6O2/c1-5-11-18-17-9-19(11)7-6-15-13(14-3)16-8-10(2)12(20)21-4/h9-10H,5-8H2,1-4H3,(H2,14,15,16). The lowest BCUT2D eigenvalue weighted by molar-refractivity contribution is -0.144. The van der Waals surface area contributed by atoms with Gasteiger partial charge in [0.2, 0.25) is 0 Å². The van der Waals surface area contributed by atoms with Gasteiger partial charge in [-0.25, -0.2) is 0 Å². The number of carbonyl (C=O) groups excluding carboxylic acids is 1. The van der Waals surface area contributed by atoms with Crippen LogP contribution in [0.5, 0.6) is 0 Å². The molecule has 0 saturated heterocycles. The van der Waals surface area contributed by atoms with Crippen molar-refractivity contribution in [3.8, 4) is 0 Å². The monoisotopic (exact) mass is 296 g/mol. The molecule has 8 heteroatoms. The summed E-state index contributed by atoms with van der Waals surface area (Å²) in [6, 6.07) is 0. The molecule has 2 N–H and O–H groups in total. The average Bonchev–Trinajstić information content (AvgIpc) is 2.96. The maximum Gasteiger partial charge on any atom is 0.310 e. The summed E-state index contributed by atoms with van der Waals surface area (Å²) in [5.74, 6) is 1.14. The predicted octanol–water partition coefficient (Wildman–Crippen LogP) is -0.185. The summed E-state index contributed by atoms with van der Waals surface area (Å²) < 4.78 is 6.67. The van der Waals surface area contributed by atoms with Crippen LogP contribution < -0.4 is 10.6 Å². The molecule has 0 aliphatic carbocycles. The molecule has 0 aliphatic heterocycles. The topological polar surface area (TPSA) is 93.4 Å². The van der Waals surface area contributed by atoms with Gasteiger partial charge in [-0.15, -0.1) is 10.2 Å². The zero-order chi connectivity index (χ0) is 15.7. The first-order valence-electron chi connectivity index (χ1n) is 7.01. The van der Waals surface area contributed by atoms with Crippen LogP contribution in [0.4, 0.5) is 0 Å². The van der Waals surface area contributed by atoms with E-state index in [1.165, 1.54) is 7.11 Å². The molecule has 118 valence electrons. The highest BCUT2D eigenvalue weighted by Gasteiger charge is 2.13. The fourth-order valence-corrected chi connectivity index (χ4v) is 1.79. The number of nitrogens with one attached hydrogen (secondary N) is 2. The zero-order valence-electron chi connectivity index (χ0n) is 13.1. The van der Waals surface area contributed by atoms with Gasteiger partial charge in [0.05, 0.1) is 13.0 Å². The van der Waals surface area contributed by atoms with Crippen LogP contribution in [-0.4, -0.2) is 53.9 Å². The highest BCUT2D eigenvalue weighted by Crippen LogP contribution is 1.96. The van der Waals surface area contributed by atoms with Crippen molar-refractivity contribution in [1.29, 1.82) is 0 Å². The van der Waals surface area contributed by atoms with Crippen molar-refractivity contribution in [1.82, 2.24) is 25.4 Å². The Labute approximate surface area is 125 Å². The summed E-state index contributed by atoms with van der Waals surface area (Å²) >= 11 is 0. The van der Waals surface area contributed by atoms with E-state index < -0.39 is 0 Å². The van der Waals surface area contributed by atoms with E-state index in [0.717, 1.165) is 18.8 Å². The molecule has 1 aromatic heterocycles. The molecule has 1 unspecified atom stereocenters. The zero-order valence-corrected chi connectivity index (χ0v) is 13.1. The third-order valence-corrected chi connectivity index (χ3v) is 3.06. The van der Waals surface area contributed by atoms with Gasteiger partial charge in [-0.05, 0) is 0 Å². The number of esters is 1. The Hall–Kier alpha value is -2.12. The van der Waals surface area contributed by atoms with E-state index in [9.17, 15) is 4.79 Å². The average molecular weight is 296 g/mol. The van der Waals surface area contributed by atoms with Crippen LogP contribution in [0.1, 0.15) is 19.7 Å². The summed E-state index contributed by atoms with van der Waals surface area (Å²) in [7, 11) is 3.07. The van der Waals surface area contributed by atoms with Gasteiger partial charge in [0.15, 0.2) is 5.96 Å². The van der Waals surface area contributed by atoms with Crippen molar-refractivity contribution >= 4 is 11.9 Å². The Morgan fingerprint density at radius 2 is 2.29 bits per heavy atom. The van der Waals surface area contributed by atoms with Gasteiger partial charge >= 0.3 is 5.97 Å². The minimum Gasteiger partial charge on any atom is -0.469 e. The van der Waals surface area contributed by atoms with Crippen molar-refractivity contribution in [2.24, 2.45) is 10.9 Å². The highest BCUT2D eigenvalue weighted by atomic mass is 16.5. The van der Waals surface area contributed by atoms with Gasteiger partial charge in [-0.1, -0.05) is 13.8 Å². The Kier molecular flexibility index (Phi) is 7.20. The maximum atomic E-state index is 11.3. The third-order valence-electron chi connectivity index (χ3n) is 3.06. The molecule has 1 rings (SSSR count). The summed E-state index contributed by atoms with van der Waals surface area (Å²) in [5, 5.41) is 14.2. The molecule has 0 bridgehead atoms. The number of aryl methyl sites for hydroxylation is 1. The minimum atomic E-state index is -0.241. The first kappa shape index (κ1) is 16.9. The molecule has 0 radical (unpaired) electrons. The fraction of sp³-hybridized carbons (Fsp3) is 0.692. The van der Waals surface area contributed by atoms with Gasteiger partial charge in [0.25, 0.3) is 0 Å². The van der Waals surface area contributed by atoms with Gasteiger partial charge in [-0.3, -0.25) is 9.79 Å². The number of hydrogen-bond donors (Lipinski definition) is 2. The lowest BCUT2D eigenvalue weighted by Crippen LogP contribution is -2.42. The summed E-state index contributed by atoms with van der Waals surface area (Å²) in [6.45, 7) is 5.76. The Morgan fingerprint density at radius 3 is 2.90 bits per heavy atom. The van der Waals surface area contributed by atoms with Crippen molar-refractivity contribution in [3.63, 3.8) is 0 Å². The first-order chi connectivity index (χ1) is 10.1. The van der Waals surface area contributed by atoms with Crippen LogP contribution >= 0.6 is 0 Å². The van der Waals surface area contributed by atoms with E-state index in [1.54, 1.807) is 20.3 Å². The van der Waals surface area contributed by atoms with Crippen LogP contribution in [0.25, 0.3) is 0 Å². The maximum absolute atomic E-state index is 11.3. The van der Waals surface area contributed by atoms with E-state index in [1.807, 2.05) is 11.5 Å². The molecular weight excluding hydrogens is 272 g/mol. The van der Waals surface area contributed by atoms with E-state index in [0.29, 0.717) is 19.0 Å². The number of aliphatic imine (C=N–C) groups is 1. The molecular formula is C13H24N6O2. The second-order valence-corrected chi connectivity index (χ2v) is 4.60. The number of guanidine groups is 1. The fourth-order valence-electron chi connectivity index (χ4n) is 1.79. The number of nitrogens with zero attached hydrogens (tertiary/aromatic N) is 4. The van der Waals surface area contributed by atoms with Crippen LogP contribution in [-0.2, 0) is 22.5 Å². The first-order valence-corrected chi connectivity index (χ1v) is 7.01. The van der Waals surface area contributed by atoms with Crippen molar-refractivity contribution in [3.05, 3.63) is 12.2 Å². The molecule has 1 heterocycles. The van der Waals surface area contributed by atoms with Crippen LogP contribution in [0.15, 0.2) is 11.3 Å². The summed E-state index contributed by atoms with van der Waals surface area (Å²) in [5.41, 5.74) is 0. The lowest BCUT2D eigenvalue weighted by atomic mass is 10.2. The van der Waals surface area contributed by atoms with Gasteiger partial charge < -0.3 is 19.9 Å². The molecule has 0 aliphatic rings. The number of carbonyl (C=O) groups is 1. The number of hydrogen-bond acceptors (Lipinski definition) is 5.